The zero-order valence-electron chi connectivity index (χ0n) is 11.4. The van der Waals surface area contributed by atoms with Gasteiger partial charge in [0.25, 0.3) is 0 Å². The first kappa shape index (κ1) is 13.1. The van der Waals surface area contributed by atoms with Gasteiger partial charge in [-0.1, -0.05) is 12.8 Å². The number of hydrogen-bond donors (Lipinski definition) is 2. The van der Waals surface area contributed by atoms with Crippen LogP contribution in [0.4, 0.5) is 0 Å². The number of aromatic nitrogens is 3. The van der Waals surface area contributed by atoms with Gasteiger partial charge in [-0.3, -0.25) is 9.89 Å². The third-order valence-electron chi connectivity index (χ3n) is 3.39. The Morgan fingerprint density at radius 2 is 2.11 bits per heavy atom. The minimum Gasteiger partial charge on any atom is -0.351 e. The van der Waals surface area contributed by atoms with E-state index < -0.39 is 0 Å². The molecule has 0 aliphatic heterocycles. The lowest BCUT2D eigenvalue weighted by atomic mass is 9.78. The molecule has 1 fully saturated rings. The van der Waals surface area contributed by atoms with Crippen LogP contribution in [-0.4, -0.2) is 26.6 Å². The number of H-pyrrole nitrogens is 1. The molecule has 2 N–H and O–H groups in total. The van der Waals surface area contributed by atoms with E-state index in [1.807, 2.05) is 20.8 Å². The standard InChI is InChI=1S/C13H22N4O/c1-13(2,3)16-12(18)10-7-5-4-6-9(10)11-14-8-15-17-11/h8-10H,4-7H2,1-3H3,(H,16,18)(H,14,15,17)/t9-,10+/m0/s1. The summed E-state index contributed by atoms with van der Waals surface area (Å²) in [5.41, 5.74) is -0.180. The van der Waals surface area contributed by atoms with Crippen molar-refractivity contribution in [2.24, 2.45) is 5.92 Å². The van der Waals surface area contributed by atoms with Gasteiger partial charge in [-0.25, -0.2) is 4.98 Å². The number of hydrogen-bond acceptors (Lipinski definition) is 3. The minimum atomic E-state index is -0.180. The smallest absolute Gasteiger partial charge is 0.224 e. The lowest BCUT2D eigenvalue weighted by Crippen LogP contribution is -2.46. The fourth-order valence-corrected chi connectivity index (χ4v) is 2.63. The molecule has 2 atom stereocenters. The molecule has 0 saturated heterocycles. The quantitative estimate of drug-likeness (QED) is 0.843. The maximum atomic E-state index is 12.3. The van der Waals surface area contributed by atoms with E-state index in [0.717, 1.165) is 31.5 Å². The van der Waals surface area contributed by atoms with E-state index >= 15 is 0 Å². The number of aromatic amines is 1. The molecule has 5 heteroatoms. The van der Waals surface area contributed by atoms with E-state index in [9.17, 15) is 4.79 Å². The summed E-state index contributed by atoms with van der Waals surface area (Å²) >= 11 is 0. The van der Waals surface area contributed by atoms with Gasteiger partial charge in [0.15, 0.2) is 0 Å². The molecule has 1 aliphatic carbocycles. The summed E-state index contributed by atoms with van der Waals surface area (Å²) in [4.78, 5) is 16.6. The Labute approximate surface area is 108 Å². The summed E-state index contributed by atoms with van der Waals surface area (Å²) in [5.74, 6) is 1.20. The second-order valence-electron chi connectivity index (χ2n) is 6.11. The van der Waals surface area contributed by atoms with Crippen molar-refractivity contribution in [2.75, 3.05) is 0 Å². The topological polar surface area (TPSA) is 70.7 Å². The van der Waals surface area contributed by atoms with Gasteiger partial charge in [-0.15, -0.1) is 0 Å². The highest BCUT2D eigenvalue weighted by Crippen LogP contribution is 2.36. The molecule has 0 unspecified atom stereocenters. The molecule has 1 amide bonds. The maximum absolute atomic E-state index is 12.3. The molecule has 1 aromatic heterocycles. The summed E-state index contributed by atoms with van der Waals surface area (Å²) < 4.78 is 0. The van der Waals surface area contributed by atoms with Gasteiger partial charge in [0, 0.05) is 17.4 Å². The number of rotatable bonds is 2. The molecule has 1 aliphatic rings. The number of carbonyl (C=O) groups is 1. The Morgan fingerprint density at radius 3 is 2.72 bits per heavy atom. The summed E-state index contributed by atoms with van der Waals surface area (Å²) in [6.07, 6.45) is 5.74. The average molecular weight is 250 g/mol. The van der Waals surface area contributed by atoms with Crippen LogP contribution in [0, 0.1) is 5.92 Å². The molecule has 100 valence electrons. The van der Waals surface area contributed by atoms with Crippen LogP contribution >= 0.6 is 0 Å². The van der Waals surface area contributed by atoms with Crippen LogP contribution < -0.4 is 5.32 Å². The molecule has 1 heterocycles. The lowest BCUT2D eigenvalue weighted by Gasteiger charge is -2.31. The molecule has 2 rings (SSSR count). The van der Waals surface area contributed by atoms with Gasteiger partial charge in [0.2, 0.25) is 5.91 Å². The average Bonchev–Trinajstić information content (AvgIpc) is 2.80. The molecular formula is C13H22N4O. The number of nitrogens with zero attached hydrogens (tertiary/aromatic N) is 2. The lowest BCUT2D eigenvalue weighted by molar-refractivity contribution is -0.128. The van der Waals surface area contributed by atoms with Crippen LogP contribution in [0.1, 0.15) is 58.2 Å². The molecule has 0 spiro atoms. The normalized spacial score (nSPS) is 24.8. The highest BCUT2D eigenvalue weighted by Gasteiger charge is 2.34. The second kappa shape index (κ2) is 5.08. The zero-order chi connectivity index (χ0) is 13.2. The van der Waals surface area contributed by atoms with Gasteiger partial charge >= 0.3 is 0 Å². The van der Waals surface area contributed by atoms with Gasteiger partial charge in [0.05, 0.1) is 0 Å². The largest absolute Gasteiger partial charge is 0.351 e. The molecule has 1 aromatic rings. The first-order valence-electron chi connectivity index (χ1n) is 6.64. The van der Waals surface area contributed by atoms with Crippen molar-refractivity contribution >= 4 is 5.91 Å². The van der Waals surface area contributed by atoms with Crippen LogP contribution in [0.25, 0.3) is 0 Å². The summed E-state index contributed by atoms with van der Waals surface area (Å²) in [7, 11) is 0. The first-order chi connectivity index (χ1) is 8.47. The molecule has 5 nitrogen and oxygen atoms in total. The van der Waals surface area contributed by atoms with Crippen molar-refractivity contribution in [3.05, 3.63) is 12.2 Å². The number of amides is 1. The van der Waals surface area contributed by atoms with Crippen LogP contribution in [-0.2, 0) is 4.79 Å². The molecule has 0 aromatic carbocycles. The van der Waals surface area contributed by atoms with Gasteiger partial charge in [-0.2, -0.15) is 5.10 Å². The maximum Gasteiger partial charge on any atom is 0.224 e. The highest BCUT2D eigenvalue weighted by atomic mass is 16.2. The summed E-state index contributed by atoms with van der Waals surface area (Å²) in [6.45, 7) is 6.03. The summed E-state index contributed by atoms with van der Waals surface area (Å²) in [5, 5.41) is 9.89. The Balaban J connectivity index is 2.11. The molecule has 0 bridgehead atoms. The van der Waals surface area contributed by atoms with Crippen molar-refractivity contribution in [3.63, 3.8) is 0 Å². The summed E-state index contributed by atoms with van der Waals surface area (Å²) in [6, 6.07) is 0. The van der Waals surface area contributed by atoms with E-state index in [4.69, 9.17) is 0 Å². The van der Waals surface area contributed by atoms with Crippen molar-refractivity contribution in [3.8, 4) is 0 Å². The predicted octanol–water partition coefficient (Wildman–Crippen LogP) is 1.99. The van der Waals surface area contributed by atoms with E-state index in [1.54, 1.807) is 0 Å². The van der Waals surface area contributed by atoms with Crippen LogP contribution in [0.2, 0.25) is 0 Å². The Morgan fingerprint density at radius 1 is 1.39 bits per heavy atom. The number of carbonyl (C=O) groups excluding carboxylic acids is 1. The van der Waals surface area contributed by atoms with E-state index in [1.165, 1.54) is 6.33 Å². The predicted molar refractivity (Wildman–Crippen MR) is 69.0 cm³/mol. The van der Waals surface area contributed by atoms with Crippen LogP contribution in [0.15, 0.2) is 6.33 Å². The first-order valence-corrected chi connectivity index (χ1v) is 6.64. The third kappa shape index (κ3) is 3.09. The second-order valence-corrected chi connectivity index (χ2v) is 6.11. The zero-order valence-corrected chi connectivity index (χ0v) is 11.4. The van der Waals surface area contributed by atoms with Crippen molar-refractivity contribution in [1.29, 1.82) is 0 Å². The van der Waals surface area contributed by atoms with Gasteiger partial charge in [0.1, 0.15) is 12.2 Å². The molecular weight excluding hydrogens is 228 g/mol. The molecule has 1 saturated carbocycles. The monoisotopic (exact) mass is 250 g/mol. The number of nitrogens with one attached hydrogen (secondary N) is 2. The van der Waals surface area contributed by atoms with Crippen molar-refractivity contribution in [2.45, 2.75) is 57.9 Å². The van der Waals surface area contributed by atoms with Crippen LogP contribution in [0.5, 0.6) is 0 Å². The fraction of sp³-hybridized carbons (Fsp3) is 0.769. The van der Waals surface area contributed by atoms with Gasteiger partial charge in [-0.05, 0) is 33.6 Å². The van der Waals surface area contributed by atoms with Crippen molar-refractivity contribution in [1.82, 2.24) is 20.5 Å². The Bertz CT molecular complexity index is 394. The highest BCUT2D eigenvalue weighted by molar-refractivity contribution is 5.80. The SMILES string of the molecule is CC(C)(C)NC(=O)[C@@H]1CCCC[C@@H]1c1ncn[nH]1. The van der Waals surface area contributed by atoms with E-state index in [-0.39, 0.29) is 23.3 Å². The minimum absolute atomic E-state index is 0.0194. The molecule has 18 heavy (non-hydrogen) atoms. The Kier molecular flexibility index (Phi) is 3.68. The van der Waals surface area contributed by atoms with Crippen LogP contribution in [0.3, 0.4) is 0 Å². The third-order valence-corrected chi connectivity index (χ3v) is 3.39. The molecule has 0 radical (unpaired) electrons. The fourth-order valence-electron chi connectivity index (χ4n) is 2.63. The van der Waals surface area contributed by atoms with E-state index in [2.05, 4.69) is 20.5 Å². The van der Waals surface area contributed by atoms with Gasteiger partial charge < -0.3 is 5.32 Å². The van der Waals surface area contributed by atoms with Crippen molar-refractivity contribution < 1.29 is 4.79 Å². The van der Waals surface area contributed by atoms with E-state index in [0.29, 0.717) is 0 Å². The Hall–Kier alpha value is -1.39.